The van der Waals surface area contributed by atoms with Crippen LogP contribution in [-0.2, 0) is 11.3 Å². The fourth-order valence-corrected chi connectivity index (χ4v) is 1.31. The van der Waals surface area contributed by atoms with Crippen LogP contribution in [0.5, 0.6) is 0 Å². The van der Waals surface area contributed by atoms with Gasteiger partial charge in [0.05, 0.1) is 4.92 Å². The van der Waals surface area contributed by atoms with E-state index in [-0.39, 0.29) is 24.6 Å². The quantitative estimate of drug-likeness (QED) is 0.476. The molecule has 1 aromatic rings. The first-order chi connectivity index (χ1) is 8.15. The number of nitrogens with one attached hydrogen (secondary N) is 1. The average molecular weight is 232 g/mol. The Morgan fingerprint density at radius 3 is 2.82 bits per heavy atom. The minimum atomic E-state index is -0.469. The largest absolute Gasteiger partial charge is 0.352 e. The molecule has 0 saturated carbocycles. The number of terminal acetylenes is 1. The summed E-state index contributed by atoms with van der Waals surface area (Å²) in [6, 6.07) is 6.29. The molecule has 17 heavy (non-hydrogen) atoms. The van der Waals surface area contributed by atoms with E-state index in [2.05, 4.69) is 11.2 Å². The van der Waals surface area contributed by atoms with Gasteiger partial charge in [0.2, 0.25) is 5.91 Å². The molecule has 0 bridgehead atoms. The number of nitro groups is 1. The highest BCUT2D eigenvalue weighted by molar-refractivity contribution is 5.76. The molecule has 1 aromatic carbocycles. The van der Waals surface area contributed by atoms with Crippen molar-refractivity contribution in [1.29, 1.82) is 0 Å². The molecule has 0 atom stereocenters. The Bertz CT molecular complexity index is 463. The van der Waals surface area contributed by atoms with E-state index < -0.39 is 4.92 Å². The maximum Gasteiger partial charge on any atom is 0.274 e. The molecular formula is C12H12N2O3. The van der Waals surface area contributed by atoms with Gasteiger partial charge in [-0.05, 0) is 0 Å². The summed E-state index contributed by atoms with van der Waals surface area (Å²) < 4.78 is 0. The van der Waals surface area contributed by atoms with E-state index in [0.29, 0.717) is 12.0 Å². The number of hydrogen-bond donors (Lipinski definition) is 1. The molecular weight excluding hydrogens is 220 g/mol. The third kappa shape index (κ3) is 3.95. The Labute approximate surface area is 99.0 Å². The molecule has 0 unspecified atom stereocenters. The van der Waals surface area contributed by atoms with Crippen LogP contribution in [0.25, 0.3) is 0 Å². The van der Waals surface area contributed by atoms with E-state index >= 15 is 0 Å². The second-order valence-electron chi connectivity index (χ2n) is 3.37. The summed E-state index contributed by atoms with van der Waals surface area (Å²) in [6.07, 6.45) is 5.63. The first kappa shape index (κ1) is 12.7. The fourth-order valence-electron chi connectivity index (χ4n) is 1.31. The lowest BCUT2D eigenvalue weighted by Crippen LogP contribution is -2.22. The molecule has 0 aliphatic rings. The van der Waals surface area contributed by atoms with E-state index in [1.54, 1.807) is 18.2 Å². The van der Waals surface area contributed by atoms with Gasteiger partial charge in [0.1, 0.15) is 0 Å². The highest BCUT2D eigenvalue weighted by Crippen LogP contribution is 2.16. The normalized spacial score (nSPS) is 9.35. The van der Waals surface area contributed by atoms with Gasteiger partial charge in [-0.1, -0.05) is 18.2 Å². The van der Waals surface area contributed by atoms with Crippen molar-refractivity contribution in [2.24, 2.45) is 0 Å². The minimum Gasteiger partial charge on any atom is -0.352 e. The van der Waals surface area contributed by atoms with Crippen LogP contribution < -0.4 is 5.32 Å². The second kappa shape index (κ2) is 6.28. The Hall–Kier alpha value is -2.35. The highest BCUT2D eigenvalue weighted by atomic mass is 16.6. The topological polar surface area (TPSA) is 72.2 Å². The molecule has 88 valence electrons. The zero-order chi connectivity index (χ0) is 12.7. The van der Waals surface area contributed by atoms with Crippen molar-refractivity contribution >= 4 is 11.6 Å². The van der Waals surface area contributed by atoms with Crippen molar-refractivity contribution in [1.82, 2.24) is 5.32 Å². The summed E-state index contributed by atoms with van der Waals surface area (Å²) >= 11 is 0. The van der Waals surface area contributed by atoms with Crippen LogP contribution in [0.15, 0.2) is 24.3 Å². The number of carbonyl (C=O) groups excluding carboxylic acids is 1. The predicted molar refractivity (Wildman–Crippen MR) is 63.0 cm³/mol. The predicted octanol–water partition coefficient (Wildman–Crippen LogP) is 1.62. The van der Waals surface area contributed by atoms with Gasteiger partial charge >= 0.3 is 0 Å². The third-order valence-electron chi connectivity index (χ3n) is 2.16. The summed E-state index contributed by atoms with van der Waals surface area (Å²) in [5.41, 5.74) is 0.483. The Kier molecular flexibility index (Phi) is 4.70. The zero-order valence-corrected chi connectivity index (χ0v) is 9.18. The van der Waals surface area contributed by atoms with E-state index in [0.717, 1.165) is 0 Å². The van der Waals surface area contributed by atoms with Crippen molar-refractivity contribution in [2.45, 2.75) is 19.4 Å². The molecule has 1 N–H and O–H groups in total. The number of amides is 1. The molecule has 0 radical (unpaired) electrons. The van der Waals surface area contributed by atoms with E-state index in [4.69, 9.17) is 6.42 Å². The van der Waals surface area contributed by atoms with Gasteiger partial charge in [-0.15, -0.1) is 12.3 Å². The van der Waals surface area contributed by atoms with E-state index in [1.807, 2.05) is 0 Å². The average Bonchev–Trinajstić information content (AvgIpc) is 2.34. The van der Waals surface area contributed by atoms with Gasteiger partial charge in [-0.3, -0.25) is 14.9 Å². The smallest absolute Gasteiger partial charge is 0.274 e. The maximum atomic E-state index is 11.3. The number of hydrogen-bond acceptors (Lipinski definition) is 3. The van der Waals surface area contributed by atoms with E-state index in [9.17, 15) is 14.9 Å². The summed E-state index contributed by atoms with van der Waals surface area (Å²) in [4.78, 5) is 21.5. The Balaban J connectivity index is 2.61. The summed E-state index contributed by atoms with van der Waals surface area (Å²) in [5, 5.41) is 13.3. The molecule has 0 aromatic heterocycles. The van der Waals surface area contributed by atoms with Crippen LogP contribution in [-0.4, -0.2) is 10.8 Å². The van der Waals surface area contributed by atoms with Crippen molar-refractivity contribution < 1.29 is 9.72 Å². The molecule has 5 heteroatoms. The lowest BCUT2D eigenvalue weighted by molar-refractivity contribution is -0.385. The monoisotopic (exact) mass is 232 g/mol. The summed E-state index contributed by atoms with van der Waals surface area (Å²) in [7, 11) is 0. The van der Waals surface area contributed by atoms with Crippen LogP contribution in [0.2, 0.25) is 0 Å². The number of carbonyl (C=O) groups is 1. The van der Waals surface area contributed by atoms with Crippen molar-refractivity contribution in [3.05, 3.63) is 39.9 Å². The van der Waals surface area contributed by atoms with Gasteiger partial charge in [0.25, 0.3) is 5.69 Å². The zero-order valence-electron chi connectivity index (χ0n) is 9.18. The van der Waals surface area contributed by atoms with Crippen molar-refractivity contribution in [3.63, 3.8) is 0 Å². The van der Waals surface area contributed by atoms with Crippen LogP contribution >= 0.6 is 0 Å². The third-order valence-corrected chi connectivity index (χ3v) is 2.16. The SMILES string of the molecule is C#CCCC(=O)NCc1ccccc1[N+](=O)[O-]. The van der Waals surface area contributed by atoms with Crippen molar-refractivity contribution in [3.8, 4) is 12.3 Å². The number of nitro benzene ring substituents is 1. The molecule has 0 heterocycles. The molecule has 0 spiro atoms. The number of rotatable bonds is 5. The summed E-state index contributed by atoms with van der Waals surface area (Å²) in [5.74, 6) is 2.15. The van der Waals surface area contributed by atoms with Gasteiger partial charge in [0.15, 0.2) is 0 Å². The lowest BCUT2D eigenvalue weighted by atomic mass is 10.2. The Morgan fingerprint density at radius 1 is 1.47 bits per heavy atom. The number of para-hydroxylation sites is 1. The Morgan fingerprint density at radius 2 is 2.18 bits per heavy atom. The molecule has 5 nitrogen and oxygen atoms in total. The number of nitrogens with zero attached hydrogens (tertiary/aromatic N) is 1. The van der Waals surface area contributed by atoms with Crippen LogP contribution in [0.4, 0.5) is 5.69 Å². The molecule has 0 aliphatic carbocycles. The first-order valence-corrected chi connectivity index (χ1v) is 5.07. The lowest BCUT2D eigenvalue weighted by Gasteiger charge is -2.04. The summed E-state index contributed by atoms with van der Waals surface area (Å²) in [6.45, 7) is 0.139. The van der Waals surface area contributed by atoms with Gasteiger partial charge < -0.3 is 5.32 Å². The van der Waals surface area contributed by atoms with Crippen LogP contribution in [0.3, 0.4) is 0 Å². The molecule has 0 aliphatic heterocycles. The van der Waals surface area contributed by atoms with E-state index in [1.165, 1.54) is 6.07 Å². The molecule has 1 amide bonds. The van der Waals surface area contributed by atoms with Crippen LogP contribution in [0.1, 0.15) is 18.4 Å². The van der Waals surface area contributed by atoms with Gasteiger partial charge in [-0.2, -0.15) is 0 Å². The molecule has 0 fully saturated rings. The minimum absolute atomic E-state index is 0.00440. The standard InChI is InChI=1S/C12H12N2O3/c1-2-3-8-12(15)13-9-10-6-4-5-7-11(10)14(16)17/h1,4-7H,3,8-9H2,(H,13,15). The second-order valence-corrected chi connectivity index (χ2v) is 3.37. The van der Waals surface area contributed by atoms with Gasteiger partial charge in [-0.25, -0.2) is 0 Å². The fraction of sp³-hybridized carbons (Fsp3) is 0.250. The highest BCUT2D eigenvalue weighted by Gasteiger charge is 2.12. The molecule has 1 rings (SSSR count). The van der Waals surface area contributed by atoms with Crippen molar-refractivity contribution in [2.75, 3.05) is 0 Å². The number of benzene rings is 1. The van der Waals surface area contributed by atoms with Crippen LogP contribution in [0, 0.1) is 22.5 Å². The van der Waals surface area contributed by atoms with Gasteiger partial charge in [0, 0.05) is 31.0 Å². The maximum absolute atomic E-state index is 11.3. The molecule has 0 saturated heterocycles. The first-order valence-electron chi connectivity index (χ1n) is 5.07.